The quantitative estimate of drug-likeness (QED) is 0.689. The maximum absolute atomic E-state index is 12.9. The third-order valence-electron chi connectivity index (χ3n) is 6.74. The molecular formula is C21H31Cl2F2N3O2. The van der Waals surface area contributed by atoms with Gasteiger partial charge in [-0.15, -0.1) is 24.8 Å². The van der Waals surface area contributed by atoms with E-state index in [1.165, 1.54) is 6.42 Å². The minimum absolute atomic E-state index is 0. The number of nitrogens with one attached hydrogen (secondary N) is 1. The number of carbonyl (C=O) groups is 1. The fourth-order valence-electron chi connectivity index (χ4n) is 5.33. The van der Waals surface area contributed by atoms with Gasteiger partial charge in [0.15, 0.2) is 0 Å². The van der Waals surface area contributed by atoms with Gasteiger partial charge in [0.1, 0.15) is 5.75 Å². The molecule has 3 aliphatic rings. The van der Waals surface area contributed by atoms with Gasteiger partial charge in [-0.3, -0.25) is 4.79 Å². The average molecular weight is 466 g/mol. The van der Waals surface area contributed by atoms with E-state index in [1.54, 1.807) is 18.2 Å². The molecule has 1 saturated heterocycles. The van der Waals surface area contributed by atoms with E-state index >= 15 is 0 Å². The lowest BCUT2D eigenvalue weighted by Gasteiger charge is -2.43. The van der Waals surface area contributed by atoms with Gasteiger partial charge in [0, 0.05) is 31.1 Å². The summed E-state index contributed by atoms with van der Waals surface area (Å²) in [6.07, 6.45) is 6.10. The molecule has 1 aliphatic heterocycles. The Labute approximate surface area is 188 Å². The van der Waals surface area contributed by atoms with Gasteiger partial charge in [-0.25, -0.2) is 0 Å². The topological polar surface area (TPSA) is 67.6 Å². The Balaban J connectivity index is 0.00000160. The zero-order chi connectivity index (χ0) is 19.7. The smallest absolute Gasteiger partial charge is 0.387 e. The van der Waals surface area contributed by atoms with E-state index in [-0.39, 0.29) is 54.5 Å². The lowest BCUT2D eigenvalue weighted by molar-refractivity contribution is -0.128. The van der Waals surface area contributed by atoms with E-state index < -0.39 is 6.61 Å². The number of rotatable bonds is 5. The second kappa shape index (κ2) is 10.8. The largest absolute Gasteiger partial charge is 0.433 e. The van der Waals surface area contributed by atoms with Crippen LogP contribution in [0, 0.1) is 17.8 Å². The predicted molar refractivity (Wildman–Crippen MR) is 118 cm³/mol. The number of hydrogen-bond acceptors (Lipinski definition) is 4. The molecular weight excluding hydrogens is 435 g/mol. The molecule has 5 nitrogen and oxygen atoms in total. The number of benzene rings is 1. The van der Waals surface area contributed by atoms with Crippen LogP contribution in [-0.2, 0) is 4.79 Å². The van der Waals surface area contributed by atoms with Crippen LogP contribution in [0.4, 0.5) is 14.5 Å². The monoisotopic (exact) mass is 465 g/mol. The standard InChI is InChI=1S/C21H29F2N3O2.2ClH/c22-21(23)28-18-7-2-1-6-17(18)26-9-8-16(12-26)25-20(27)15-10-13-4-3-5-14(11-15)19(13)24;;/h1-2,6-7,13-16,19,21H,3-5,8-12,24H2,(H,25,27);2*1H. The average Bonchev–Trinajstić information content (AvgIpc) is 3.09. The highest BCUT2D eigenvalue weighted by Gasteiger charge is 2.41. The number of fused-ring (bicyclic) bond motifs is 2. The minimum Gasteiger partial charge on any atom is -0.433 e. The number of nitrogens with zero attached hydrogens (tertiary/aromatic N) is 1. The van der Waals surface area contributed by atoms with Crippen LogP contribution in [0.25, 0.3) is 0 Å². The maximum Gasteiger partial charge on any atom is 0.387 e. The molecule has 2 saturated carbocycles. The molecule has 1 aromatic carbocycles. The molecule has 2 aliphatic carbocycles. The zero-order valence-electron chi connectivity index (χ0n) is 16.8. The second-order valence-electron chi connectivity index (χ2n) is 8.48. The van der Waals surface area contributed by atoms with Crippen molar-refractivity contribution in [3.05, 3.63) is 24.3 Å². The Hall–Kier alpha value is -1.31. The van der Waals surface area contributed by atoms with Gasteiger partial charge in [-0.2, -0.15) is 8.78 Å². The van der Waals surface area contributed by atoms with Crippen LogP contribution in [0.2, 0.25) is 0 Å². The summed E-state index contributed by atoms with van der Waals surface area (Å²) in [5.41, 5.74) is 6.99. The fraction of sp³-hybridized carbons (Fsp3) is 0.667. The van der Waals surface area contributed by atoms with Crippen molar-refractivity contribution in [2.45, 2.75) is 57.2 Å². The van der Waals surface area contributed by atoms with Crippen LogP contribution in [0.3, 0.4) is 0 Å². The Kier molecular flexibility index (Phi) is 9.00. The molecule has 0 radical (unpaired) electrons. The lowest BCUT2D eigenvalue weighted by atomic mass is 9.65. The molecule has 3 unspecified atom stereocenters. The van der Waals surface area contributed by atoms with Gasteiger partial charge in [0.25, 0.3) is 0 Å². The molecule has 0 aromatic heterocycles. The van der Waals surface area contributed by atoms with Crippen LogP contribution in [0.5, 0.6) is 5.75 Å². The Morgan fingerprint density at radius 1 is 1.13 bits per heavy atom. The molecule has 3 atom stereocenters. The summed E-state index contributed by atoms with van der Waals surface area (Å²) >= 11 is 0. The van der Waals surface area contributed by atoms with Crippen molar-refractivity contribution in [1.82, 2.24) is 5.32 Å². The highest BCUT2D eigenvalue weighted by atomic mass is 35.5. The van der Waals surface area contributed by atoms with E-state index in [0.29, 0.717) is 30.6 Å². The van der Waals surface area contributed by atoms with Gasteiger partial charge in [0.2, 0.25) is 5.91 Å². The molecule has 1 heterocycles. The molecule has 2 bridgehead atoms. The number of para-hydroxylation sites is 2. The van der Waals surface area contributed by atoms with Gasteiger partial charge in [-0.1, -0.05) is 18.6 Å². The number of hydrogen-bond donors (Lipinski definition) is 2. The molecule has 0 spiro atoms. The third kappa shape index (κ3) is 5.48. The lowest BCUT2D eigenvalue weighted by Crippen LogP contribution is -2.50. The van der Waals surface area contributed by atoms with E-state index in [1.807, 2.05) is 11.0 Å². The van der Waals surface area contributed by atoms with Crippen molar-refractivity contribution in [2.24, 2.45) is 23.5 Å². The highest BCUT2D eigenvalue weighted by molar-refractivity contribution is 5.85. The Bertz CT molecular complexity index is 699. The summed E-state index contributed by atoms with van der Waals surface area (Å²) in [7, 11) is 0. The summed E-state index contributed by atoms with van der Waals surface area (Å²) in [4.78, 5) is 14.9. The zero-order valence-corrected chi connectivity index (χ0v) is 18.5. The SMILES string of the molecule is Cl.Cl.NC1C2CCCC1CC(C(=O)NC1CCN(c3ccccc3OC(F)F)C1)C2. The normalized spacial score (nSPS) is 30.3. The van der Waals surface area contributed by atoms with E-state index in [4.69, 9.17) is 5.73 Å². The van der Waals surface area contributed by atoms with E-state index in [9.17, 15) is 13.6 Å². The van der Waals surface area contributed by atoms with E-state index in [0.717, 1.165) is 32.1 Å². The van der Waals surface area contributed by atoms with Crippen LogP contribution in [0.1, 0.15) is 38.5 Å². The van der Waals surface area contributed by atoms with E-state index in [2.05, 4.69) is 10.1 Å². The number of anilines is 1. The molecule has 3 fully saturated rings. The van der Waals surface area contributed by atoms with Crippen LogP contribution in [0.15, 0.2) is 24.3 Å². The summed E-state index contributed by atoms with van der Waals surface area (Å²) in [6, 6.07) is 7.11. The number of carbonyl (C=O) groups excluding carboxylic acids is 1. The van der Waals surface area contributed by atoms with Crippen LogP contribution in [-0.4, -0.2) is 37.7 Å². The van der Waals surface area contributed by atoms with Gasteiger partial charge in [-0.05, 0) is 56.1 Å². The first-order valence-electron chi connectivity index (χ1n) is 10.4. The first-order chi connectivity index (χ1) is 13.5. The highest BCUT2D eigenvalue weighted by Crippen LogP contribution is 2.42. The van der Waals surface area contributed by atoms with Crippen molar-refractivity contribution in [1.29, 1.82) is 0 Å². The number of nitrogens with two attached hydrogens (primary N) is 1. The van der Waals surface area contributed by atoms with Crippen molar-refractivity contribution in [2.75, 3.05) is 18.0 Å². The molecule has 30 heavy (non-hydrogen) atoms. The molecule has 1 amide bonds. The number of amides is 1. The summed E-state index contributed by atoms with van der Waals surface area (Å²) in [6.45, 7) is -1.54. The molecule has 170 valence electrons. The fourth-order valence-corrected chi connectivity index (χ4v) is 5.33. The first kappa shape index (κ1) is 25.0. The van der Waals surface area contributed by atoms with Crippen molar-refractivity contribution in [3.63, 3.8) is 0 Å². The third-order valence-corrected chi connectivity index (χ3v) is 6.74. The Morgan fingerprint density at radius 2 is 1.80 bits per heavy atom. The maximum atomic E-state index is 12.9. The minimum atomic E-state index is -2.85. The van der Waals surface area contributed by atoms with Gasteiger partial charge >= 0.3 is 6.61 Å². The Morgan fingerprint density at radius 3 is 2.47 bits per heavy atom. The molecule has 4 rings (SSSR count). The first-order valence-corrected chi connectivity index (χ1v) is 10.4. The number of halogens is 4. The van der Waals surface area contributed by atoms with Crippen molar-refractivity contribution >= 4 is 36.4 Å². The summed E-state index contributed by atoms with van der Waals surface area (Å²) < 4.78 is 30.0. The van der Waals surface area contributed by atoms with Gasteiger partial charge in [0.05, 0.1) is 5.69 Å². The van der Waals surface area contributed by atoms with Gasteiger partial charge < -0.3 is 20.7 Å². The summed E-state index contributed by atoms with van der Waals surface area (Å²) in [5, 5.41) is 3.20. The van der Waals surface area contributed by atoms with Crippen LogP contribution >= 0.6 is 24.8 Å². The van der Waals surface area contributed by atoms with Crippen molar-refractivity contribution in [3.8, 4) is 5.75 Å². The molecule has 3 N–H and O–H groups in total. The van der Waals surface area contributed by atoms with Crippen molar-refractivity contribution < 1.29 is 18.3 Å². The predicted octanol–water partition coefficient (Wildman–Crippen LogP) is 3.98. The number of alkyl halides is 2. The molecule has 1 aromatic rings. The second-order valence-corrected chi connectivity index (χ2v) is 8.48. The molecule has 9 heteroatoms. The number of ether oxygens (including phenoxy) is 1. The summed E-state index contributed by atoms with van der Waals surface area (Å²) in [5.74, 6) is 1.31. The van der Waals surface area contributed by atoms with Crippen LogP contribution < -0.4 is 20.7 Å².